The number of benzene rings is 6. The van der Waals surface area contributed by atoms with E-state index in [2.05, 4.69) is 220 Å². The van der Waals surface area contributed by atoms with Gasteiger partial charge >= 0.3 is 0 Å². The van der Waals surface area contributed by atoms with Gasteiger partial charge in [0.05, 0.1) is 11.9 Å². The number of nitrogens with zero attached hydrogens (tertiary/aromatic N) is 9. The average Bonchev–Trinajstić information content (AvgIpc) is 3.40. The van der Waals surface area contributed by atoms with Crippen molar-refractivity contribution in [3.8, 4) is 101 Å². The maximum absolute atomic E-state index is 5.31. The van der Waals surface area contributed by atoms with Gasteiger partial charge in [0, 0.05) is 70.6 Å². The Kier molecular flexibility index (Phi) is 12.5. The molecule has 0 aliphatic carbocycles. The number of hydrogen-bond acceptors (Lipinski definition) is 9. The number of hydrogen-bond donors (Lipinski definition) is 0. The minimum absolute atomic E-state index is 0.101. The van der Waals surface area contributed by atoms with Crippen molar-refractivity contribution in [2.75, 3.05) is 0 Å². The van der Waals surface area contributed by atoms with Crippen molar-refractivity contribution in [1.82, 2.24) is 44.9 Å². The van der Waals surface area contributed by atoms with Crippen LogP contribution >= 0.6 is 0 Å². The molecule has 0 aliphatic rings. The van der Waals surface area contributed by atoms with Gasteiger partial charge in [0.2, 0.25) is 0 Å². The molecule has 0 amide bonds. The van der Waals surface area contributed by atoms with Crippen molar-refractivity contribution in [3.63, 3.8) is 0 Å². The minimum atomic E-state index is -0.108. The van der Waals surface area contributed by atoms with Crippen LogP contribution in [-0.4, -0.2) is 44.9 Å². The summed E-state index contributed by atoms with van der Waals surface area (Å²) in [6.07, 6.45) is 15.8. The smallest absolute Gasteiger partial charge is 0.164 e. The van der Waals surface area contributed by atoms with Crippen molar-refractivity contribution in [2.24, 2.45) is 0 Å². The number of aromatic nitrogens is 9. The molecule has 0 radical (unpaired) electrons. The SMILES string of the molecule is CC(C)(C)c1cc(-c2cncnc2)cc(-c2cccc(-c3nc(-c4cccc(-c5cc(-c6cncnc6)cc(C(C)(C)C)c5)c4)nc(-c4cccc(-c5cc(-c6cnccn6)cc(C(C)(C)C)c5)c4)n3)c2)c1. The van der Waals surface area contributed by atoms with Gasteiger partial charge in [0.15, 0.2) is 17.5 Å². The molecule has 0 unspecified atom stereocenters. The summed E-state index contributed by atoms with van der Waals surface area (Å²) in [5.74, 6) is 1.70. The van der Waals surface area contributed by atoms with Crippen LogP contribution in [0.3, 0.4) is 0 Å². The molecule has 354 valence electrons. The zero-order valence-electron chi connectivity index (χ0n) is 42.3. The molecule has 10 aromatic rings. The van der Waals surface area contributed by atoms with E-state index in [4.69, 9.17) is 15.0 Å². The molecule has 10 rings (SSSR count). The topological polar surface area (TPSA) is 116 Å². The van der Waals surface area contributed by atoms with Crippen molar-refractivity contribution in [2.45, 2.75) is 78.6 Å². The van der Waals surface area contributed by atoms with Crippen LogP contribution in [0.4, 0.5) is 0 Å². The van der Waals surface area contributed by atoms with Crippen molar-refractivity contribution < 1.29 is 0 Å². The van der Waals surface area contributed by atoms with Crippen LogP contribution in [0.1, 0.15) is 79.0 Å². The van der Waals surface area contributed by atoms with E-state index in [0.717, 1.165) is 83.6 Å². The maximum Gasteiger partial charge on any atom is 0.164 e. The third-order valence-corrected chi connectivity index (χ3v) is 13.0. The molecule has 0 saturated heterocycles. The summed E-state index contributed by atoms with van der Waals surface area (Å²) in [5.41, 5.74) is 18.1. The molecule has 6 aromatic carbocycles. The molecule has 72 heavy (non-hydrogen) atoms. The van der Waals surface area contributed by atoms with E-state index in [-0.39, 0.29) is 16.2 Å². The molecule has 0 bridgehead atoms. The molecule has 4 heterocycles. The Morgan fingerprint density at radius 3 is 0.917 bits per heavy atom. The standard InChI is InChI=1S/C63H57N9/c1-61(2,3)54-27-46(24-49(30-54)52-33-65-38-66-34-52)40-13-10-16-43(21-40)58-70-59(44-17-11-14-41(22-44)47-25-50(53-35-67-39-68-36-53)31-55(28-47)62(4,5)6)72-60(71-58)45-18-12-15-42(23-45)48-26-51(57-37-64-19-20-69-57)32-56(29-48)63(7,8)9/h10-39H,1-9H3. The Balaban J connectivity index is 1.13. The second-order valence-corrected chi connectivity index (χ2v) is 21.5. The van der Waals surface area contributed by atoms with Crippen LogP contribution in [0.5, 0.6) is 0 Å². The molecule has 9 heteroatoms. The van der Waals surface area contributed by atoms with Crippen LogP contribution in [0.15, 0.2) is 183 Å². The lowest BCUT2D eigenvalue weighted by molar-refractivity contribution is 0.590. The Labute approximate surface area is 422 Å². The van der Waals surface area contributed by atoms with Crippen LogP contribution < -0.4 is 0 Å². The molecule has 4 aromatic heterocycles. The summed E-state index contributed by atoms with van der Waals surface area (Å²) in [7, 11) is 0. The van der Waals surface area contributed by atoms with Crippen LogP contribution in [0.25, 0.3) is 101 Å². The van der Waals surface area contributed by atoms with Gasteiger partial charge in [-0.05, 0) is 120 Å². The van der Waals surface area contributed by atoms with E-state index in [9.17, 15) is 0 Å². The number of rotatable bonds is 9. The summed E-state index contributed by atoms with van der Waals surface area (Å²) >= 11 is 0. The third kappa shape index (κ3) is 10.4. The van der Waals surface area contributed by atoms with E-state index >= 15 is 0 Å². The van der Waals surface area contributed by atoms with Gasteiger partial charge in [-0.25, -0.2) is 34.9 Å². The first-order chi connectivity index (χ1) is 34.5. The maximum atomic E-state index is 5.31. The average molecular weight is 940 g/mol. The fourth-order valence-electron chi connectivity index (χ4n) is 8.78. The summed E-state index contributed by atoms with van der Waals surface area (Å²) in [5, 5.41) is 0. The third-order valence-electron chi connectivity index (χ3n) is 13.0. The van der Waals surface area contributed by atoms with Gasteiger partial charge in [-0.1, -0.05) is 147 Å². The summed E-state index contributed by atoms with van der Waals surface area (Å²) in [6, 6.07) is 45.6. The summed E-state index contributed by atoms with van der Waals surface area (Å²) < 4.78 is 0. The zero-order chi connectivity index (χ0) is 50.2. The van der Waals surface area contributed by atoms with Crippen LogP contribution in [-0.2, 0) is 16.2 Å². The molecule has 0 spiro atoms. The zero-order valence-corrected chi connectivity index (χ0v) is 42.3. The van der Waals surface area contributed by atoms with Crippen LogP contribution in [0, 0.1) is 0 Å². The Hall–Kier alpha value is -8.43. The summed E-state index contributed by atoms with van der Waals surface area (Å²) in [4.78, 5) is 42.3. The van der Waals surface area contributed by atoms with E-state index in [0.29, 0.717) is 17.5 Å². The quantitative estimate of drug-likeness (QED) is 0.139. The molecule has 0 aliphatic heterocycles. The van der Waals surface area contributed by atoms with Gasteiger partial charge in [0.25, 0.3) is 0 Å². The van der Waals surface area contributed by atoms with Crippen molar-refractivity contribution in [1.29, 1.82) is 0 Å². The summed E-state index contributed by atoms with van der Waals surface area (Å²) in [6.45, 7) is 20.1. The van der Waals surface area contributed by atoms with E-state index < -0.39 is 0 Å². The lowest BCUT2D eigenvalue weighted by atomic mass is 9.83. The van der Waals surface area contributed by atoms with Crippen molar-refractivity contribution in [3.05, 3.63) is 200 Å². The highest BCUT2D eigenvalue weighted by molar-refractivity contribution is 5.81. The highest BCUT2D eigenvalue weighted by Gasteiger charge is 2.22. The second-order valence-electron chi connectivity index (χ2n) is 21.5. The first-order valence-electron chi connectivity index (χ1n) is 24.3. The van der Waals surface area contributed by atoms with Gasteiger partial charge in [-0.3, -0.25) is 9.97 Å². The molecule has 0 N–H and O–H groups in total. The van der Waals surface area contributed by atoms with Gasteiger partial charge < -0.3 is 0 Å². The molecule has 0 saturated carbocycles. The molecular formula is C63H57N9. The van der Waals surface area contributed by atoms with Crippen molar-refractivity contribution >= 4 is 0 Å². The Morgan fingerprint density at radius 2 is 0.583 bits per heavy atom. The fourth-order valence-corrected chi connectivity index (χ4v) is 8.78. The van der Waals surface area contributed by atoms with Gasteiger partial charge in [-0.15, -0.1) is 0 Å². The van der Waals surface area contributed by atoms with E-state index in [1.54, 1.807) is 25.0 Å². The predicted octanol–water partition coefficient (Wildman–Crippen LogP) is 15.1. The van der Waals surface area contributed by atoms with E-state index in [1.807, 2.05) is 31.0 Å². The normalized spacial score (nSPS) is 12.0. The Morgan fingerprint density at radius 1 is 0.278 bits per heavy atom. The van der Waals surface area contributed by atoms with E-state index in [1.165, 1.54) is 16.7 Å². The molecular weight excluding hydrogens is 883 g/mol. The monoisotopic (exact) mass is 939 g/mol. The lowest BCUT2D eigenvalue weighted by Gasteiger charge is -2.22. The molecule has 0 atom stereocenters. The fraction of sp³-hybridized carbons (Fsp3) is 0.190. The Bertz CT molecular complexity index is 3180. The van der Waals surface area contributed by atoms with Gasteiger partial charge in [0.1, 0.15) is 12.7 Å². The second kappa shape index (κ2) is 19.1. The minimum Gasteiger partial charge on any atom is -0.261 e. The largest absolute Gasteiger partial charge is 0.261 e. The highest BCUT2D eigenvalue weighted by Crippen LogP contribution is 2.39. The first-order valence-corrected chi connectivity index (χ1v) is 24.3. The molecule has 9 nitrogen and oxygen atoms in total. The molecule has 0 fully saturated rings. The van der Waals surface area contributed by atoms with Crippen LogP contribution in [0.2, 0.25) is 0 Å². The van der Waals surface area contributed by atoms with Gasteiger partial charge in [-0.2, -0.15) is 0 Å². The predicted molar refractivity (Wildman–Crippen MR) is 292 cm³/mol. The lowest BCUT2D eigenvalue weighted by Crippen LogP contribution is -2.11. The first kappa shape index (κ1) is 47.3. The highest BCUT2D eigenvalue weighted by atomic mass is 15.0.